The van der Waals surface area contributed by atoms with E-state index in [1.54, 1.807) is 0 Å². The fraction of sp³-hybridized carbons (Fsp3) is 0.360. The fourth-order valence-corrected chi connectivity index (χ4v) is 3.78. The molecule has 0 spiro atoms. The Labute approximate surface area is 193 Å². The Morgan fingerprint density at radius 1 is 1.10 bits per heavy atom. The Morgan fingerprint density at radius 2 is 1.81 bits per heavy atom. The van der Waals surface area contributed by atoms with Crippen molar-refractivity contribution in [3.63, 3.8) is 0 Å². The highest BCUT2D eigenvalue weighted by atomic mass is 79.9. The summed E-state index contributed by atoms with van der Waals surface area (Å²) in [6.45, 7) is 8.80. The highest BCUT2D eigenvalue weighted by Gasteiger charge is 2.28. The predicted octanol–water partition coefficient (Wildman–Crippen LogP) is 6.39. The van der Waals surface area contributed by atoms with Gasteiger partial charge in [0.25, 0.3) is 5.91 Å². The van der Waals surface area contributed by atoms with E-state index in [2.05, 4.69) is 53.7 Å². The molecule has 0 aliphatic heterocycles. The van der Waals surface area contributed by atoms with E-state index in [1.807, 2.05) is 66.5 Å². The number of rotatable bonds is 8. The van der Waals surface area contributed by atoms with Crippen LogP contribution in [0, 0.1) is 0 Å². The van der Waals surface area contributed by atoms with Crippen molar-refractivity contribution in [2.75, 3.05) is 11.9 Å². The van der Waals surface area contributed by atoms with Crippen molar-refractivity contribution >= 4 is 27.7 Å². The number of benzene rings is 2. The minimum atomic E-state index is -0.00554. The molecule has 3 rings (SSSR count). The highest BCUT2D eigenvalue weighted by Crippen LogP contribution is 2.33. The van der Waals surface area contributed by atoms with Gasteiger partial charge in [0.05, 0.1) is 12.1 Å². The van der Waals surface area contributed by atoms with Crippen LogP contribution in [-0.4, -0.2) is 35.1 Å². The molecule has 1 heterocycles. The van der Waals surface area contributed by atoms with Gasteiger partial charge in [0.1, 0.15) is 5.69 Å². The standard InChI is InChI=1S/C25H30BrN3O2/c1-6-18(4)29(24(30)20-13-10-14-21(26)15-20)16-22-23(19-11-8-7-9-12-19)27-31-25(22)28(5)17(2)3/h7-15,17-18H,6,16H2,1-5H3. The lowest BCUT2D eigenvalue weighted by molar-refractivity contribution is 0.0672. The molecule has 5 nitrogen and oxygen atoms in total. The van der Waals surface area contributed by atoms with Crippen LogP contribution in [0.5, 0.6) is 0 Å². The topological polar surface area (TPSA) is 49.6 Å². The zero-order valence-electron chi connectivity index (χ0n) is 18.8. The summed E-state index contributed by atoms with van der Waals surface area (Å²) >= 11 is 3.48. The van der Waals surface area contributed by atoms with Crippen LogP contribution in [-0.2, 0) is 6.54 Å². The summed E-state index contributed by atoms with van der Waals surface area (Å²) < 4.78 is 6.71. The summed E-state index contributed by atoms with van der Waals surface area (Å²) in [7, 11) is 1.99. The summed E-state index contributed by atoms with van der Waals surface area (Å²) in [5.74, 6) is 0.693. The molecule has 1 atom stereocenters. The first-order valence-corrected chi connectivity index (χ1v) is 11.5. The average Bonchev–Trinajstić information content (AvgIpc) is 3.19. The summed E-state index contributed by atoms with van der Waals surface area (Å²) in [6.07, 6.45) is 0.848. The number of aromatic nitrogens is 1. The molecule has 1 aromatic heterocycles. The molecule has 3 aromatic rings. The number of anilines is 1. The second-order valence-electron chi connectivity index (χ2n) is 8.09. The van der Waals surface area contributed by atoms with Gasteiger partial charge < -0.3 is 14.3 Å². The lowest BCUT2D eigenvalue weighted by atomic mass is 10.0. The summed E-state index contributed by atoms with van der Waals surface area (Å²) in [6, 6.07) is 17.8. The average molecular weight is 484 g/mol. The van der Waals surface area contributed by atoms with E-state index in [0.29, 0.717) is 18.0 Å². The third kappa shape index (κ3) is 5.18. The van der Waals surface area contributed by atoms with Crippen LogP contribution in [0.2, 0.25) is 0 Å². The maximum Gasteiger partial charge on any atom is 0.254 e. The maximum absolute atomic E-state index is 13.5. The predicted molar refractivity (Wildman–Crippen MR) is 129 cm³/mol. The Morgan fingerprint density at radius 3 is 2.42 bits per heavy atom. The van der Waals surface area contributed by atoms with Gasteiger partial charge in [0, 0.05) is 34.7 Å². The van der Waals surface area contributed by atoms with Crippen LogP contribution in [0.3, 0.4) is 0 Å². The molecular formula is C25H30BrN3O2. The molecule has 0 aliphatic rings. The normalized spacial score (nSPS) is 12.1. The van der Waals surface area contributed by atoms with Crippen molar-refractivity contribution in [1.82, 2.24) is 10.1 Å². The molecule has 0 N–H and O–H groups in total. The van der Waals surface area contributed by atoms with Crippen molar-refractivity contribution in [3.8, 4) is 11.3 Å². The van der Waals surface area contributed by atoms with E-state index in [-0.39, 0.29) is 18.0 Å². The molecule has 0 bridgehead atoms. The number of carbonyl (C=O) groups excluding carboxylic acids is 1. The molecule has 0 saturated carbocycles. The first kappa shape index (κ1) is 23.1. The van der Waals surface area contributed by atoms with Crippen LogP contribution < -0.4 is 4.90 Å². The minimum absolute atomic E-state index is 0.00554. The quantitative estimate of drug-likeness (QED) is 0.372. The molecule has 0 saturated heterocycles. The second-order valence-corrected chi connectivity index (χ2v) is 9.00. The van der Waals surface area contributed by atoms with E-state index in [0.717, 1.165) is 27.7 Å². The van der Waals surface area contributed by atoms with Crippen molar-refractivity contribution in [2.45, 2.75) is 52.7 Å². The van der Waals surface area contributed by atoms with E-state index in [9.17, 15) is 4.79 Å². The van der Waals surface area contributed by atoms with Gasteiger partial charge in [-0.05, 0) is 45.4 Å². The van der Waals surface area contributed by atoms with Crippen molar-refractivity contribution < 1.29 is 9.32 Å². The number of amides is 1. The van der Waals surface area contributed by atoms with Gasteiger partial charge in [-0.2, -0.15) is 0 Å². The van der Waals surface area contributed by atoms with Gasteiger partial charge in [-0.25, -0.2) is 0 Å². The molecule has 1 unspecified atom stereocenters. The number of halogens is 1. The molecular weight excluding hydrogens is 454 g/mol. The third-order valence-corrected chi connectivity index (χ3v) is 6.19. The largest absolute Gasteiger partial charge is 0.341 e. The number of hydrogen-bond donors (Lipinski definition) is 0. The molecule has 6 heteroatoms. The van der Waals surface area contributed by atoms with Gasteiger partial charge >= 0.3 is 0 Å². The summed E-state index contributed by atoms with van der Waals surface area (Å²) in [5.41, 5.74) is 3.33. The molecule has 1 amide bonds. The van der Waals surface area contributed by atoms with Crippen molar-refractivity contribution in [1.29, 1.82) is 0 Å². The van der Waals surface area contributed by atoms with Crippen molar-refractivity contribution in [2.24, 2.45) is 0 Å². The highest BCUT2D eigenvalue weighted by molar-refractivity contribution is 9.10. The Bertz CT molecular complexity index is 1020. The summed E-state index contributed by atoms with van der Waals surface area (Å²) in [5, 5.41) is 4.41. The fourth-order valence-electron chi connectivity index (χ4n) is 3.38. The third-order valence-electron chi connectivity index (χ3n) is 5.69. The molecule has 164 valence electrons. The van der Waals surface area contributed by atoms with Gasteiger partial charge in [0.15, 0.2) is 0 Å². The Hall–Kier alpha value is -2.60. The Kier molecular flexibility index (Phi) is 7.55. The molecule has 31 heavy (non-hydrogen) atoms. The van der Waals surface area contributed by atoms with Gasteiger partial charge in [-0.3, -0.25) is 4.79 Å². The molecule has 0 radical (unpaired) electrons. The summed E-state index contributed by atoms with van der Waals surface area (Å²) in [4.78, 5) is 17.5. The lowest BCUT2D eigenvalue weighted by Gasteiger charge is -2.30. The first-order valence-electron chi connectivity index (χ1n) is 10.7. The van der Waals surface area contributed by atoms with Crippen LogP contribution in [0.15, 0.2) is 63.6 Å². The Balaban J connectivity index is 2.07. The second kappa shape index (κ2) is 10.1. The maximum atomic E-state index is 13.5. The number of hydrogen-bond acceptors (Lipinski definition) is 4. The molecule has 0 fully saturated rings. The minimum Gasteiger partial charge on any atom is -0.341 e. The van der Waals surface area contributed by atoms with Gasteiger partial charge in [-0.1, -0.05) is 64.4 Å². The van der Waals surface area contributed by atoms with Crippen molar-refractivity contribution in [3.05, 3.63) is 70.2 Å². The van der Waals surface area contributed by atoms with Crippen LogP contribution in [0.4, 0.5) is 5.88 Å². The van der Waals surface area contributed by atoms with Crippen LogP contribution in [0.1, 0.15) is 50.0 Å². The van der Waals surface area contributed by atoms with E-state index in [4.69, 9.17) is 4.52 Å². The zero-order chi connectivity index (χ0) is 22.5. The van der Waals surface area contributed by atoms with E-state index in [1.165, 1.54) is 0 Å². The SMILES string of the molecule is CCC(C)N(Cc1c(-c2ccccc2)noc1N(C)C(C)C)C(=O)c1cccc(Br)c1. The lowest BCUT2D eigenvalue weighted by Crippen LogP contribution is -2.38. The van der Waals surface area contributed by atoms with Gasteiger partial charge in [0.2, 0.25) is 5.88 Å². The van der Waals surface area contributed by atoms with Gasteiger partial charge in [-0.15, -0.1) is 0 Å². The van der Waals surface area contributed by atoms with E-state index < -0.39 is 0 Å². The monoisotopic (exact) mass is 483 g/mol. The number of nitrogens with zero attached hydrogens (tertiary/aromatic N) is 3. The smallest absolute Gasteiger partial charge is 0.254 e. The van der Waals surface area contributed by atoms with Crippen LogP contribution in [0.25, 0.3) is 11.3 Å². The molecule has 2 aromatic carbocycles. The number of carbonyl (C=O) groups is 1. The van der Waals surface area contributed by atoms with E-state index >= 15 is 0 Å². The van der Waals surface area contributed by atoms with Crippen LogP contribution >= 0.6 is 15.9 Å². The molecule has 0 aliphatic carbocycles. The zero-order valence-corrected chi connectivity index (χ0v) is 20.4. The first-order chi connectivity index (χ1) is 14.8.